The van der Waals surface area contributed by atoms with Crippen molar-refractivity contribution in [3.8, 4) is 0 Å². The molecule has 1 rings (SSSR count). The molecule has 4 unspecified atom stereocenters. The Morgan fingerprint density at radius 3 is 2.53 bits per heavy atom. The molecule has 99 valence electrons. The molecule has 0 saturated carbocycles. The van der Waals surface area contributed by atoms with Gasteiger partial charge in [0.2, 0.25) is 0 Å². The number of rotatable bonds is 5. The third kappa shape index (κ3) is 6.24. The van der Waals surface area contributed by atoms with E-state index in [1.54, 1.807) is 0 Å². The van der Waals surface area contributed by atoms with Gasteiger partial charge >= 0.3 is 7.60 Å². The van der Waals surface area contributed by atoms with E-state index in [-0.39, 0.29) is 57.3 Å². The van der Waals surface area contributed by atoms with Crippen molar-refractivity contribution in [3.63, 3.8) is 0 Å². The largest absolute Gasteiger partial charge is 0.546 e. The van der Waals surface area contributed by atoms with Gasteiger partial charge in [-0.25, -0.2) is 6.61 Å². The van der Waals surface area contributed by atoms with Crippen LogP contribution in [-0.4, -0.2) is 35.0 Å². The van der Waals surface area contributed by atoms with E-state index in [0.29, 0.717) is 0 Å². The minimum Gasteiger partial charge on any atom is -0.546 e. The zero-order valence-corrected chi connectivity index (χ0v) is 14.2. The number of hydrogen-bond acceptors (Lipinski definition) is 4. The van der Waals surface area contributed by atoms with E-state index in [1.807, 2.05) is 20.8 Å². The van der Waals surface area contributed by atoms with Crippen molar-refractivity contribution in [1.82, 2.24) is 0 Å². The molecule has 0 aromatic carbocycles. The Morgan fingerprint density at radius 2 is 2.12 bits per heavy atom. The minimum absolute atomic E-state index is 0. The van der Waals surface area contributed by atoms with Crippen LogP contribution in [0.15, 0.2) is 0 Å². The summed E-state index contributed by atoms with van der Waals surface area (Å²) in [4.78, 5) is 9.48. The van der Waals surface area contributed by atoms with E-state index in [9.17, 15) is 14.6 Å². The van der Waals surface area contributed by atoms with Crippen LogP contribution in [0.5, 0.6) is 0 Å². The Morgan fingerprint density at radius 1 is 1.53 bits per heavy atom. The Balaban J connectivity index is 0.00000256. The van der Waals surface area contributed by atoms with Gasteiger partial charge in [-0.05, 0) is 5.92 Å². The van der Waals surface area contributed by atoms with Gasteiger partial charge in [0.15, 0.2) is 0 Å². The maximum atomic E-state index is 11.6. The van der Waals surface area contributed by atoms with Crippen LogP contribution >= 0.6 is 7.60 Å². The third-order valence-corrected chi connectivity index (χ3v) is 4.17. The molecule has 0 spiro atoms. The second-order valence-corrected chi connectivity index (χ2v) is 6.57. The third-order valence-electron chi connectivity index (χ3n) is 2.42. The maximum Gasteiger partial charge on any atom is 0.328 e. The summed E-state index contributed by atoms with van der Waals surface area (Å²) < 4.78 is 21.6. The average molecular weight is 340 g/mol. The van der Waals surface area contributed by atoms with Crippen molar-refractivity contribution in [3.05, 3.63) is 6.61 Å². The number of aliphatic hydroxyl groups is 1. The van der Waals surface area contributed by atoms with E-state index < -0.39 is 19.8 Å². The molecule has 7 heteroatoms. The Labute approximate surface area is 128 Å². The summed E-state index contributed by atoms with van der Waals surface area (Å²) in [6.45, 7) is 7.00. The van der Waals surface area contributed by atoms with E-state index in [4.69, 9.17) is 9.26 Å². The zero-order valence-electron chi connectivity index (χ0n) is 10.4. The topological polar surface area (TPSA) is 76.0 Å². The zero-order chi connectivity index (χ0) is 12.3. The number of ether oxygens (including phenoxy) is 1. The molecule has 0 aliphatic carbocycles. The molecule has 0 aromatic heterocycles. The smallest absolute Gasteiger partial charge is 0.328 e. The van der Waals surface area contributed by atoms with E-state index in [2.05, 4.69) is 0 Å². The Bertz CT molecular complexity index is 273. The van der Waals surface area contributed by atoms with Crippen molar-refractivity contribution in [2.75, 3.05) is 12.8 Å². The first kappa shape index (κ1) is 18.2. The molecule has 1 fully saturated rings. The van der Waals surface area contributed by atoms with E-state index >= 15 is 0 Å². The minimum atomic E-state index is -3.55. The normalized spacial score (nSPS) is 32.2. The second-order valence-electron chi connectivity index (χ2n) is 4.67. The summed E-state index contributed by atoms with van der Waals surface area (Å²) >= 11 is 0. The monoisotopic (exact) mass is 340 g/mol. The van der Waals surface area contributed by atoms with Gasteiger partial charge in [0.25, 0.3) is 0 Å². The van der Waals surface area contributed by atoms with Gasteiger partial charge in [0.1, 0.15) is 0 Å². The molecule has 0 amide bonds. The molecule has 1 heterocycles. The summed E-state index contributed by atoms with van der Waals surface area (Å²) in [5.74, 6) is 0.0208. The van der Waals surface area contributed by atoms with Crippen LogP contribution < -0.4 is 0 Å². The van der Waals surface area contributed by atoms with Gasteiger partial charge < -0.3 is 19.3 Å². The van der Waals surface area contributed by atoms with E-state index in [0.717, 1.165) is 0 Å². The molecule has 1 radical (unpaired) electrons. The Hall–Kier alpha value is 1.17. The number of hydrogen-bond donors (Lipinski definition) is 2. The van der Waals surface area contributed by atoms with Gasteiger partial charge in [0.05, 0.1) is 25.0 Å². The van der Waals surface area contributed by atoms with Crippen molar-refractivity contribution >= 4 is 7.60 Å². The predicted octanol–water partition coefficient (Wildman–Crippen LogP) is 1.40. The molecule has 17 heavy (non-hydrogen) atoms. The molecule has 1 saturated heterocycles. The molecule has 0 aromatic rings. The molecular weight excluding hydrogens is 320 g/mol. The summed E-state index contributed by atoms with van der Waals surface area (Å²) in [6.07, 6.45) is -1.09. The predicted molar refractivity (Wildman–Crippen MR) is 59.8 cm³/mol. The van der Waals surface area contributed by atoms with Crippen molar-refractivity contribution in [2.45, 2.75) is 33.0 Å². The standard InChI is InChI=1S/C10H20O5P.Y/c1-7(2)6-16(12,13)15-5-9-10(11)8(3)4-14-9;/h4,7-11H,5-6H2,1-3H3,(H,12,13);/q-1;. The molecule has 0 bridgehead atoms. The van der Waals surface area contributed by atoms with Gasteiger partial charge in [0, 0.05) is 32.7 Å². The number of aliphatic hydroxyl groups excluding tert-OH is 1. The maximum absolute atomic E-state index is 11.6. The summed E-state index contributed by atoms with van der Waals surface area (Å²) in [5.41, 5.74) is 0. The van der Waals surface area contributed by atoms with Gasteiger partial charge in [-0.2, -0.15) is 0 Å². The summed E-state index contributed by atoms with van der Waals surface area (Å²) in [7, 11) is -3.55. The first-order valence-corrected chi connectivity index (χ1v) is 7.21. The fraction of sp³-hybridized carbons (Fsp3) is 0.900. The molecule has 1 aliphatic rings. The van der Waals surface area contributed by atoms with Crippen molar-refractivity contribution in [2.24, 2.45) is 11.8 Å². The first-order valence-electron chi connectivity index (χ1n) is 5.45. The van der Waals surface area contributed by atoms with Crippen LogP contribution in [0, 0.1) is 18.4 Å². The molecule has 5 nitrogen and oxygen atoms in total. The van der Waals surface area contributed by atoms with Crippen LogP contribution in [-0.2, 0) is 46.5 Å². The fourth-order valence-corrected chi connectivity index (χ4v) is 2.97. The van der Waals surface area contributed by atoms with Crippen LogP contribution in [0.1, 0.15) is 20.8 Å². The summed E-state index contributed by atoms with van der Waals surface area (Å²) in [5, 5.41) is 9.63. The van der Waals surface area contributed by atoms with Crippen LogP contribution in [0.25, 0.3) is 0 Å². The SMILES string of the molecule is CC(C)CP(=O)(O)OCC1O[CH-]C(C)C1O.[Y]. The molecule has 1 aliphatic heterocycles. The van der Waals surface area contributed by atoms with Gasteiger partial charge in [-0.1, -0.05) is 20.8 Å². The second kappa shape index (κ2) is 7.69. The van der Waals surface area contributed by atoms with Crippen LogP contribution in [0.4, 0.5) is 0 Å². The van der Waals surface area contributed by atoms with Crippen molar-refractivity contribution < 1.29 is 56.5 Å². The molecule has 4 atom stereocenters. The first-order chi connectivity index (χ1) is 7.32. The van der Waals surface area contributed by atoms with Gasteiger partial charge in [-0.3, -0.25) is 4.57 Å². The molecule has 2 N–H and O–H groups in total. The van der Waals surface area contributed by atoms with Gasteiger partial charge in [-0.15, -0.1) is 5.92 Å². The molecular formula is C10H20O5PY-. The quantitative estimate of drug-likeness (QED) is 0.585. The van der Waals surface area contributed by atoms with Crippen LogP contribution in [0.2, 0.25) is 0 Å². The van der Waals surface area contributed by atoms with E-state index in [1.165, 1.54) is 6.61 Å². The van der Waals surface area contributed by atoms with Crippen molar-refractivity contribution in [1.29, 1.82) is 0 Å². The average Bonchev–Trinajstić information content (AvgIpc) is 2.43. The van der Waals surface area contributed by atoms with Crippen LogP contribution in [0.3, 0.4) is 0 Å². The summed E-state index contributed by atoms with van der Waals surface area (Å²) in [6, 6.07) is 0. The Kier molecular flexibility index (Phi) is 8.22. The fourth-order valence-electron chi connectivity index (χ4n) is 1.57.